The predicted octanol–water partition coefficient (Wildman–Crippen LogP) is 1.02. The molecular formula is C8H14ClNO2. The fourth-order valence-electron chi connectivity index (χ4n) is 2.31. The van der Waals surface area contributed by atoms with Crippen LogP contribution in [-0.2, 0) is 4.79 Å². The Balaban J connectivity index is 0.000000720. The topological polar surface area (TPSA) is 49.3 Å². The van der Waals surface area contributed by atoms with Crippen molar-refractivity contribution < 1.29 is 9.90 Å². The van der Waals surface area contributed by atoms with Crippen LogP contribution in [-0.4, -0.2) is 23.2 Å². The number of aliphatic carboxylic acids is 1. The number of carboxylic acid groups (broad SMARTS) is 1. The zero-order valence-electron chi connectivity index (χ0n) is 6.88. The van der Waals surface area contributed by atoms with Gasteiger partial charge in [-0.15, -0.1) is 12.4 Å². The van der Waals surface area contributed by atoms with Gasteiger partial charge in [-0.1, -0.05) is 0 Å². The first-order valence-electron chi connectivity index (χ1n) is 4.22. The Morgan fingerprint density at radius 3 is 2.50 bits per heavy atom. The largest absolute Gasteiger partial charge is 0.481 e. The molecule has 0 amide bonds. The Hall–Kier alpha value is -0.280. The first-order chi connectivity index (χ1) is 5.25. The molecule has 4 heteroatoms. The summed E-state index contributed by atoms with van der Waals surface area (Å²) in [6, 6.07) is 0. The maximum atomic E-state index is 10.8. The molecule has 1 unspecified atom stereocenters. The van der Waals surface area contributed by atoms with Gasteiger partial charge in [0.25, 0.3) is 0 Å². The molecule has 0 bridgehead atoms. The Bertz CT molecular complexity index is 191. The number of halogens is 1. The van der Waals surface area contributed by atoms with Crippen molar-refractivity contribution >= 4 is 18.4 Å². The summed E-state index contributed by atoms with van der Waals surface area (Å²) in [5.74, 6) is -0.731. The summed E-state index contributed by atoms with van der Waals surface area (Å²) in [5, 5.41) is 12.2. The van der Waals surface area contributed by atoms with E-state index in [2.05, 4.69) is 5.32 Å². The van der Waals surface area contributed by atoms with E-state index in [1.165, 1.54) is 6.42 Å². The summed E-state index contributed by atoms with van der Waals surface area (Å²) >= 11 is 0. The highest BCUT2D eigenvalue weighted by Gasteiger charge is 2.50. The number of nitrogens with one attached hydrogen (secondary N) is 1. The zero-order valence-corrected chi connectivity index (χ0v) is 7.69. The van der Waals surface area contributed by atoms with Crippen LogP contribution in [0, 0.1) is 5.92 Å². The van der Waals surface area contributed by atoms with Gasteiger partial charge < -0.3 is 10.4 Å². The van der Waals surface area contributed by atoms with Crippen molar-refractivity contribution in [2.75, 3.05) is 6.54 Å². The maximum absolute atomic E-state index is 10.8. The highest BCUT2D eigenvalue weighted by atomic mass is 35.5. The third-order valence-electron chi connectivity index (χ3n) is 3.12. The van der Waals surface area contributed by atoms with E-state index in [1.807, 2.05) is 0 Å². The van der Waals surface area contributed by atoms with Crippen LogP contribution in [0.1, 0.15) is 25.7 Å². The van der Waals surface area contributed by atoms with Crippen LogP contribution in [0.4, 0.5) is 0 Å². The van der Waals surface area contributed by atoms with Gasteiger partial charge in [0.2, 0.25) is 0 Å². The molecule has 1 aliphatic heterocycles. The van der Waals surface area contributed by atoms with E-state index in [9.17, 15) is 4.79 Å². The second-order valence-electron chi connectivity index (χ2n) is 3.62. The monoisotopic (exact) mass is 191 g/mol. The molecule has 2 fully saturated rings. The van der Waals surface area contributed by atoms with Gasteiger partial charge in [-0.25, -0.2) is 0 Å². The van der Waals surface area contributed by atoms with E-state index in [-0.39, 0.29) is 23.9 Å². The van der Waals surface area contributed by atoms with Gasteiger partial charge in [0, 0.05) is 5.54 Å². The normalized spacial score (nSPS) is 30.8. The van der Waals surface area contributed by atoms with Gasteiger partial charge in [-0.05, 0) is 32.2 Å². The summed E-state index contributed by atoms with van der Waals surface area (Å²) < 4.78 is 0. The number of carboxylic acids is 1. The fraction of sp³-hybridized carbons (Fsp3) is 0.875. The molecule has 1 spiro atoms. The summed E-state index contributed by atoms with van der Waals surface area (Å²) in [6.07, 6.45) is 4.13. The van der Waals surface area contributed by atoms with E-state index in [4.69, 9.17) is 5.11 Å². The average Bonchev–Trinajstić information content (AvgIpc) is 2.27. The second kappa shape index (κ2) is 3.23. The molecule has 0 aromatic carbocycles. The van der Waals surface area contributed by atoms with Gasteiger partial charge in [-0.3, -0.25) is 4.79 Å². The maximum Gasteiger partial charge on any atom is 0.308 e. The minimum atomic E-state index is -0.616. The molecule has 1 heterocycles. The predicted molar refractivity (Wildman–Crippen MR) is 47.6 cm³/mol. The summed E-state index contributed by atoms with van der Waals surface area (Å²) in [7, 11) is 0. The summed E-state index contributed by atoms with van der Waals surface area (Å²) in [6.45, 7) is 0.886. The zero-order chi connectivity index (χ0) is 7.90. The molecule has 2 aliphatic rings. The Kier molecular flexibility index (Phi) is 2.64. The number of carbonyl (C=O) groups is 1. The molecule has 1 aliphatic carbocycles. The van der Waals surface area contributed by atoms with Crippen molar-refractivity contribution in [3.05, 3.63) is 0 Å². The van der Waals surface area contributed by atoms with Gasteiger partial charge in [-0.2, -0.15) is 0 Å². The van der Waals surface area contributed by atoms with Crippen molar-refractivity contribution in [2.24, 2.45) is 5.92 Å². The third-order valence-corrected chi connectivity index (χ3v) is 3.12. The van der Waals surface area contributed by atoms with Crippen molar-refractivity contribution in [2.45, 2.75) is 31.2 Å². The lowest BCUT2D eigenvalue weighted by molar-refractivity contribution is -0.145. The van der Waals surface area contributed by atoms with Crippen molar-refractivity contribution in [3.8, 4) is 0 Å². The third kappa shape index (κ3) is 1.21. The van der Waals surface area contributed by atoms with Crippen LogP contribution in [0.15, 0.2) is 0 Å². The fourth-order valence-corrected chi connectivity index (χ4v) is 2.31. The lowest BCUT2D eigenvalue weighted by atomic mass is 9.69. The van der Waals surface area contributed by atoms with Crippen LogP contribution in [0.5, 0.6) is 0 Å². The minimum Gasteiger partial charge on any atom is -0.481 e. The highest BCUT2D eigenvalue weighted by molar-refractivity contribution is 5.85. The van der Waals surface area contributed by atoms with E-state index < -0.39 is 5.97 Å². The van der Waals surface area contributed by atoms with Gasteiger partial charge in [0.15, 0.2) is 0 Å². The van der Waals surface area contributed by atoms with Crippen molar-refractivity contribution in [1.29, 1.82) is 0 Å². The number of rotatable bonds is 1. The average molecular weight is 192 g/mol. The van der Waals surface area contributed by atoms with Crippen molar-refractivity contribution in [3.63, 3.8) is 0 Å². The molecule has 0 aromatic heterocycles. The highest BCUT2D eigenvalue weighted by Crippen LogP contribution is 2.43. The lowest BCUT2D eigenvalue weighted by Crippen LogP contribution is -2.52. The first kappa shape index (κ1) is 9.81. The molecular weight excluding hydrogens is 178 g/mol. The van der Waals surface area contributed by atoms with E-state index >= 15 is 0 Å². The molecule has 1 saturated heterocycles. The second-order valence-corrected chi connectivity index (χ2v) is 3.62. The molecule has 1 saturated carbocycles. The van der Waals surface area contributed by atoms with Gasteiger partial charge >= 0.3 is 5.97 Å². The first-order valence-corrected chi connectivity index (χ1v) is 4.22. The lowest BCUT2D eigenvalue weighted by Gasteiger charge is -2.41. The van der Waals surface area contributed by atoms with Crippen LogP contribution >= 0.6 is 12.4 Å². The van der Waals surface area contributed by atoms with Crippen LogP contribution in [0.3, 0.4) is 0 Å². The van der Waals surface area contributed by atoms with Crippen molar-refractivity contribution in [1.82, 2.24) is 5.32 Å². The Labute approximate surface area is 77.9 Å². The quantitative estimate of drug-likeness (QED) is 0.651. The Morgan fingerprint density at radius 2 is 2.17 bits per heavy atom. The van der Waals surface area contributed by atoms with Crippen LogP contribution in [0.25, 0.3) is 0 Å². The van der Waals surface area contributed by atoms with Crippen LogP contribution < -0.4 is 5.32 Å². The summed E-state index contributed by atoms with van der Waals surface area (Å²) in [4.78, 5) is 10.8. The molecule has 70 valence electrons. The molecule has 2 N–H and O–H groups in total. The SMILES string of the molecule is Cl.O=C(O)C1CCNC12CCC2. The molecule has 0 aromatic rings. The van der Waals surface area contributed by atoms with Gasteiger partial charge in [0.05, 0.1) is 5.92 Å². The molecule has 1 atom stereocenters. The Morgan fingerprint density at radius 1 is 1.50 bits per heavy atom. The molecule has 2 rings (SSSR count). The molecule has 0 radical (unpaired) electrons. The van der Waals surface area contributed by atoms with E-state index in [0.717, 1.165) is 25.8 Å². The molecule has 3 nitrogen and oxygen atoms in total. The van der Waals surface area contributed by atoms with Crippen LogP contribution in [0.2, 0.25) is 0 Å². The molecule has 12 heavy (non-hydrogen) atoms. The number of hydrogen-bond donors (Lipinski definition) is 2. The van der Waals surface area contributed by atoms with Gasteiger partial charge in [0.1, 0.15) is 0 Å². The smallest absolute Gasteiger partial charge is 0.308 e. The minimum absolute atomic E-state index is 0. The summed E-state index contributed by atoms with van der Waals surface area (Å²) in [5.41, 5.74) is 0.00579. The van der Waals surface area contributed by atoms with E-state index in [0.29, 0.717) is 0 Å². The number of hydrogen-bond acceptors (Lipinski definition) is 2. The van der Waals surface area contributed by atoms with E-state index in [1.54, 1.807) is 0 Å². The standard InChI is InChI=1S/C8H13NO2.ClH/c10-7(11)6-2-5-9-8(6)3-1-4-8;/h6,9H,1-5H2,(H,10,11);1H.